The van der Waals surface area contributed by atoms with Crippen molar-refractivity contribution in [2.45, 2.75) is 24.1 Å². The van der Waals surface area contributed by atoms with Gasteiger partial charge in [0.05, 0.1) is 18.1 Å². The summed E-state index contributed by atoms with van der Waals surface area (Å²) in [5.41, 5.74) is -1.10. The van der Waals surface area contributed by atoms with E-state index < -0.39 is 40.6 Å². The Morgan fingerprint density at radius 1 is 1.18 bits per heavy atom. The summed E-state index contributed by atoms with van der Waals surface area (Å²) in [6, 6.07) is 9.88. The molecule has 3 heterocycles. The smallest absolute Gasteiger partial charge is 0.452 e. The molecular weight excluding hydrogens is 551 g/mol. The Hall–Kier alpha value is -3.27. The van der Waals surface area contributed by atoms with E-state index in [4.69, 9.17) is 4.74 Å². The van der Waals surface area contributed by atoms with Gasteiger partial charge in [0.1, 0.15) is 10.7 Å². The normalized spacial score (nSPS) is 22.2. The average Bonchev–Trinajstić information content (AvgIpc) is 3.20. The van der Waals surface area contributed by atoms with Crippen molar-refractivity contribution in [3.63, 3.8) is 0 Å². The van der Waals surface area contributed by atoms with E-state index in [1.54, 1.807) is 29.2 Å². The summed E-state index contributed by atoms with van der Waals surface area (Å²) in [6.45, 7) is 1.70. The van der Waals surface area contributed by atoms with Crippen LogP contribution in [0.25, 0.3) is 10.6 Å². The van der Waals surface area contributed by atoms with Gasteiger partial charge in [0.15, 0.2) is 5.54 Å². The van der Waals surface area contributed by atoms with Crippen LogP contribution in [0.5, 0.6) is 0 Å². The van der Waals surface area contributed by atoms with Crippen LogP contribution in [0.1, 0.15) is 34.0 Å². The van der Waals surface area contributed by atoms with Crippen LogP contribution in [-0.4, -0.2) is 67.6 Å². The van der Waals surface area contributed by atoms with Crippen LogP contribution < -0.4 is 4.31 Å². The number of anilines is 1. The van der Waals surface area contributed by atoms with Crippen LogP contribution in [0, 0.1) is 0 Å². The Kier molecular flexibility index (Phi) is 6.79. The van der Waals surface area contributed by atoms with Gasteiger partial charge < -0.3 is 19.3 Å². The Morgan fingerprint density at radius 3 is 2.55 bits per heavy atom. The van der Waals surface area contributed by atoms with E-state index in [2.05, 4.69) is 9.68 Å². The highest BCUT2D eigenvalue weighted by atomic mass is 32.2. The molecule has 1 aromatic carbocycles. The molecule has 0 radical (unpaired) electrons. The van der Waals surface area contributed by atoms with Gasteiger partial charge in [-0.25, -0.2) is 13.3 Å². The van der Waals surface area contributed by atoms with Crippen molar-refractivity contribution < 1.29 is 45.9 Å². The fraction of sp³-hybridized carbons (Fsp3) is 0.348. The van der Waals surface area contributed by atoms with Gasteiger partial charge in [-0.2, -0.15) is 13.2 Å². The second-order valence-corrected chi connectivity index (χ2v) is 10.6. The SMILES string of the molecule is O=C(c1cccc(C2CC2(C(=O)O)N(c2ccc(-c3cc(C(F)(F)F)on3)s2)S(=O)O)c1)N1CCOCC1. The standard InChI is InChI=1S/C23H20F3N3O7S2/c24-23(25,26)18-11-16(27-36-18)17-4-5-19(37-17)29(38(33)34)22(21(31)32)12-15(22)13-2-1-3-14(10-13)20(30)28-6-8-35-9-7-28/h1-5,10-11,15H,6-9,12H2,(H,31,32)(H,33,34). The molecule has 0 spiro atoms. The molecule has 1 saturated heterocycles. The van der Waals surface area contributed by atoms with E-state index in [1.807, 2.05) is 0 Å². The molecule has 3 atom stereocenters. The zero-order valence-corrected chi connectivity index (χ0v) is 21.0. The minimum Gasteiger partial charge on any atom is -0.479 e. The maximum absolute atomic E-state index is 12.9. The van der Waals surface area contributed by atoms with Crippen molar-refractivity contribution in [1.82, 2.24) is 10.1 Å². The number of rotatable bonds is 7. The average molecular weight is 572 g/mol. The summed E-state index contributed by atoms with van der Waals surface area (Å²) in [5.74, 6) is -3.62. The third-order valence-electron chi connectivity index (χ3n) is 6.49. The summed E-state index contributed by atoms with van der Waals surface area (Å²) < 4.78 is 71.7. The van der Waals surface area contributed by atoms with Gasteiger partial charge in [0.25, 0.3) is 17.2 Å². The Labute approximate surface area is 220 Å². The number of aliphatic carboxylic acids is 1. The number of hydrogen-bond donors (Lipinski definition) is 2. The molecule has 1 aliphatic heterocycles. The third-order valence-corrected chi connectivity index (χ3v) is 8.53. The monoisotopic (exact) mass is 571 g/mol. The number of hydrogen-bond acceptors (Lipinski definition) is 7. The highest BCUT2D eigenvalue weighted by Gasteiger charge is 2.67. The number of benzene rings is 1. The zero-order valence-electron chi connectivity index (χ0n) is 19.4. The molecule has 202 valence electrons. The first-order chi connectivity index (χ1) is 18.0. The van der Waals surface area contributed by atoms with Crippen molar-refractivity contribution in [2.75, 3.05) is 30.6 Å². The number of nitrogens with zero attached hydrogens (tertiary/aromatic N) is 3. The van der Waals surface area contributed by atoms with Gasteiger partial charge >= 0.3 is 12.1 Å². The van der Waals surface area contributed by atoms with Crippen molar-refractivity contribution in [3.8, 4) is 10.6 Å². The van der Waals surface area contributed by atoms with E-state index in [9.17, 15) is 36.6 Å². The van der Waals surface area contributed by atoms with Gasteiger partial charge in [-0.1, -0.05) is 17.3 Å². The summed E-state index contributed by atoms with van der Waals surface area (Å²) in [5, 5.41) is 13.6. The lowest BCUT2D eigenvalue weighted by Gasteiger charge is -2.27. The predicted octanol–water partition coefficient (Wildman–Crippen LogP) is 3.85. The molecule has 1 amide bonds. The molecule has 2 aromatic heterocycles. The molecule has 38 heavy (non-hydrogen) atoms. The fourth-order valence-corrected chi connectivity index (χ4v) is 6.56. The molecule has 1 saturated carbocycles. The lowest BCUT2D eigenvalue weighted by Crippen LogP contribution is -2.46. The predicted molar refractivity (Wildman–Crippen MR) is 129 cm³/mol. The van der Waals surface area contributed by atoms with Gasteiger partial charge in [-0.05, 0) is 36.2 Å². The molecule has 15 heteroatoms. The second-order valence-electron chi connectivity index (χ2n) is 8.75. The van der Waals surface area contributed by atoms with Crippen molar-refractivity contribution >= 4 is 39.5 Å². The highest BCUT2D eigenvalue weighted by molar-refractivity contribution is 7.81. The van der Waals surface area contributed by atoms with Crippen LogP contribution in [0.2, 0.25) is 0 Å². The Morgan fingerprint density at radius 2 is 1.92 bits per heavy atom. The molecule has 10 nitrogen and oxygen atoms in total. The first-order valence-corrected chi connectivity index (χ1v) is 13.2. The van der Waals surface area contributed by atoms with Crippen LogP contribution >= 0.6 is 11.3 Å². The van der Waals surface area contributed by atoms with E-state index in [0.717, 1.165) is 15.6 Å². The highest BCUT2D eigenvalue weighted by Crippen LogP contribution is 2.58. The van der Waals surface area contributed by atoms with Crippen molar-refractivity contribution in [3.05, 3.63) is 59.4 Å². The molecule has 0 bridgehead atoms. The number of amides is 1. The number of alkyl halides is 3. The number of carboxylic acids is 1. The number of thiophene rings is 1. The molecule has 2 aliphatic rings. The van der Waals surface area contributed by atoms with E-state index in [0.29, 0.717) is 43.5 Å². The van der Waals surface area contributed by atoms with E-state index >= 15 is 0 Å². The Balaban J connectivity index is 1.44. The molecule has 3 aromatic rings. The third kappa shape index (κ3) is 4.70. The van der Waals surface area contributed by atoms with Crippen molar-refractivity contribution in [2.24, 2.45) is 0 Å². The van der Waals surface area contributed by atoms with E-state index in [-0.39, 0.29) is 27.9 Å². The van der Waals surface area contributed by atoms with Crippen LogP contribution in [0.15, 0.2) is 47.0 Å². The lowest BCUT2D eigenvalue weighted by molar-refractivity contribution is -0.155. The van der Waals surface area contributed by atoms with E-state index in [1.165, 1.54) is 12.1 Å². The maximum Gasteiger partial charge on any atom is 0.452 e. The van der Waals surface area contributed by atoms with Crippen LogP contribution in [0.4, 0.5) is 18.2 Å². The fourth-order valence-electron chi connectivity index (χ4n) is 4.54. The van der Waals surface area contributed by atoms with Crippen LogP contribution in [-0.2, 0) is 27.0 Å². The number of aromatic nitrogens is 1. The summed E-state index contributed by atoms with van der Waals surface area (Å²) in [7, 11) is 0. The zero-order chi connectivity index (χ0) is 27.2. The second kappa shape index (κ2) is 9.80. The summed E-state index contributed by atoms with van der Waals surface area (Å²) >= 11 is -1.99. The largest absolute Gasteiger partial charge is 0.479 e. The van der Waals surface area contributed by atoms with Gasteiger partial charge in [-0.3, -0.25) is 9.35 Å². The number of carbonyl (C=O) groups is 2. The molecule has 5 rings (SSSR count). The molecule has 1 aliphatic carbocycles. The van der Waals surface area contributed by atoms with Gasteiger partial charge in [0.2, 0.25) is 5.76 Å². The van der Waals surface area contributed by atoms with Crippen LogP contribution in [0.3, 0.4) is 0 Å². The topological polar surface area (TPSA) is 133 Å². The minimum atomic E-state index is -4.74. The summed E-state index contributed by atoms with van der Waals surface area (Å²) in [4.78, 5) is 27.3. The quantitative estimate of drug-likeness (QED) is 0.409. The Bertz CT molecular complexity index is 1400. The number of carboxylic acid groups (broad SMARTS) is 1. The molecule has 2 N–H and O–H groups in total. The number of ether oxygens (including phenoxy) is 1. The summed E-state index contributed by atoms with van der Waals surface area (Å²) in [6.07, 6.45) is -4.77. The van der Waals surface area contributed by atoms with Gasteiger partial charge in [0, 0.05) is 30.6 Å². The number of morpholine rings is 1. The molecule has 3 unspecified atom stereocenters. The maximum atomic E-state index is 12.9. The van der Waals surface area contributed by atoms with Crippen molar-refractivity contribution in [1.29, 1.82) is 0 Å². The molecular formula is C23H20F3N3O7S2. The first-order valence-electron chi connectivity index (χ1n) is 11.3. The number of halogens is 3. The van der Waals surface area contributed by atoms with Gasteiger partial charge in [-0.15, -0.1) is 11.3 Å². The first kappa shape index (κ1) is 26.3. The lowest BCUT2D eigenvalue weighted by atomic mass is 10.0. The number of carbonyl (C=O) groups excluding carboxylic acids is 1. The molecule has 2 fully saturated rings. The minimum absolute atomic E-state index is 0.0285.